The van der Waals surface area contributed by atoms with E-state index in [1.54, 1.807) is 0 Å². The van der Waals surface area contributed by atoms with Gasteiger partial charge < -0.3 is 11.1 Å². The summed E-state index contributed by atoms with van der Waals surface area (Å²) in [7, 11) is 0. The first-order valence-electron chi connectivity index (χ1n) is 6.37. The fourth-order valence-electron chi connectivity index (χ4n) is 2.53. The van der Waals surface area contributed by atoms with E-state index in [9.17, 15) is 0 Å². The maximum absolute atomic E-state index is 5.97. The first-order valence-corrected chi connectivity index (χ1v) is 6.75. The van der Waals surface area contributed by atoms with Gasteiger partial charge in [-0.2, -0.15) is 0 Å². The quantitative estimate of drug-likeness (QED) is 0.862. The third kappa shape index (κ3) is 3.14. The topological polar surface area (TPSA) is 38.0 Å². The molecule has 0 atom stereocenters. The molecule has 0 amide bonds. The van der Waals surface area contributed by atoms with Crippen molar-refractivity contribution < 1.29 is 0 Å². The van der Waals surface area contributed by atoms with Gasteiger partial charge in [-0.3, -0.25) is 0 Å². The molecule has 1 saturated carbocycles. The molecule has 0 aromatic heterocycles. The summed E-state index contributed by atoms with van der Waals surface area (Å²) in [5.74, 6) is 0.835. The van der Waals surface area contributed by atoms with Crippen molar-refractivity contribution >= 4 is 17.3 Å². The SMILES string of the molecule is CC1CCC(CN)(Nc2ccc(Cl)cc2)CC1. The van der Waals surface area contributed by atoms with Gasteiger partial charge in [-0.15, -0.1) is 0 Å². The molecule has 0 saturated heterocycles. The summed E-state index contributed by atoms with van der Waals surface area (Å²) in [6, 6.07) is 7.88. The molecule has 1 aromatic rings. The van der Waals surface area contributed by atoms with Gasteiger partial charge >= 0.3 is 0 Å². The van der Waals surface area contributed by atoms with Crippen molar-refractivity contribution in [1.29, 1.82) is 0 Å². The van der Waals surface area contributed by atoms with Crippen molar-refractivity contribution in [2.45, 2.75) is 38.1 Å². The summed E-state index contributed by atoms with van der Waals surface area (Å²) in [5.41, 5.74) is 7.18. The minimum absolute atomic E-state index is 0.0837. The molecule has 3 heteroatoms. The predicted octanol–water partition coefficient (Wildman–Crippen LogP) is 3.66. The van der Waals surface area contributed by atoms with Crippen LogP contribution in [0.3, 0.4) is 0 Å². The summed E-state index contributed by atoms with van der Waals surface area (Å²) >= 11 is 5.89. The monoisotopic (exact) mass is 252 g/mol. The fourth-order valence-corrected chi connectivity index (χ4v) is 2.66. The Bertz CT molecular complexity index is 353. The van der Waals surface area contributed by atoms with Crippen LogP contribution in [0.1, 0.15) is 32.6 Å². The molecular formula is C14H21ClN2. The van der Waals surface area contributed by atoms with Crippen molar-refractivity contribution in [3.63, 3.8) is 0 Å². The van der Waals surface area contributed by atoms with Gasteiger partial charge in [-0.1, -0.05) is 18.5 Å². The Hall–Kier alpha value is -0.730. The number of rotatable bonds is 3. The molecule has 0 bridgehead atoms. The number of hydrogen-bond donors (Lipinski definition) is 2. The van der Waals surface area contributed by atoms with E-state index in [1.807, 2.05) is 24.3 Å². The van der Waals surface area contributed by atoms with Crippen LogP contribution in [0, 0.1) is 5.92 Å². The Morgan fingerprint density at radius 3 is 2.41 bits per heavy atom. The van der Waals surface area contributed by atoms with Gasteiger partial charge in [0.05, 0.1) is 0 Å². The van der Waals surface area contributed by atoms with Crippen LogP contribution >= 0.6 is 11.6 Å². The summed E-state index contributed by atoms with van der Waals surface area (Å²) in [4.78, 5) is 0. The Morgan fingerprint density at radius 2 is 1.88 bits per heavy atom. The van der Waals surface area contributed by atoms with Crippen LogP contribution in [0.15, 0.2) is 24.3 Å². The number of benzene rings is 1. The summed E-state index contributed by atoms with van der Waals surface area (Å²) in [5, 5.41) is 4.38. The standard InChI is InChI=1S/C14H21ClN2/c1-11-6-8-14(10-16,9-7-11)17-13-4-2-12(15)3-5-13/h2-5,11,17H,6-10,16H2,1H3. The first kappa shape index (κ1) is 12.7. The zero-order chi connectivity index (χ0) is 12.3. The van der Waals surface area contributed by atoms with E-state index in [-0.39, 0.29) is 5.54 Å². The molecule has 0 heterocycles. The third-order valence-electron chi connectivity index (χ3n) is 3.88. The largest absolute Gasteiger partial charge is 0.378 e. The normalized spacial score (nSPS) is 29.0. The van der Waals surface area contributed by atoms with E-state index in [2.05, 4.69) is 12.2 Å². The summed E-state index contributed by atoms with van der Waals surface area (Å²) < 4.78 is 0. The second-order valence-corrected chi connectivity index (χ2v) is 5.74. The average Bonchev–Trinajstić information content (AvgIpc) is 2.35. The van der Waals surface area contributed by atoms with E-state index in [0.29, 0.717) is 6.54 Å². The van der Waals surface area contributed by atoms with Gasteiger partial charge in [0.1, 0.15) is 0 Å². The van der Waals surface area contributed by atoms with Crippen LogP contribution in [0.4, 0.5) is 5.69 Å². The van der Waals surface area contributed by atoms with Gasteiger partial charge in [-0.05, 0) is 55.9 Å². The minimum atomic E-state index is 0.0837. The third-order valence-corrected chi connectivity index (χ3v) is 4.13. The van der Waals surface area contributed by atoms with Gasteiger partial charge in [0, 0.05) is 22.8 Å². The van der Waals surface area contributed by atoms with E-state index in [1.165, 1.54) is 12.8 Å². The molecule has 0 unspecified atom stereocenters. The molecule has 94 valence electrons. The highest BCUT2D eigenvalue weighted by Gasteiger charge is 2.32. The van der Waals surface area contributed by atoms with Crippen LogP contribution in [-0.2, 0) is 0 Å². The second kappa shape index (κ2) is 5.28. The lowest BCUT2D eigenvalue weighted by Gasteiger charge is -2.40. The zero-order valence-corrected chi connectivity index (χ0v) is 11.1. The smallest absolute Gasteiger partial charge is 0.0495 e. The number of nitrogens with two attached hydrogens (primary N) is 1. The van der Waals surface area contributed by atoms with Gasteiger partial charge in [0.2, 0.25) is 0 Å². The summed E-state index contributed by atoms with van der Waals surface area (Å²) in [6.45, 7) is 3.02. The fraction of sp³-hybridized carbons (Fsp3) is 0.571. The molecular weight excluding hydrogens is 232 g/mol. The van der Waals surface area contributed by atoms with Crippen LogP contribution in [-0.4, -0.2) is 12.1 Å². The van der Waals surface area contributed by atoms with Crippen LogP contribution in [0.25, 0.3) is 0 Å². The van der Waals surface area contributed by atoms with Crippen LogP contribution in [0.5, 0.6) is 0 Å². The summed E-state index contributed by atoms with van der Waals surface area (Å²) in [6.07, 6.45) is 4.84. The second-order valence-electron chi connectivity index (χ2n) is 5.30. The lowest BCUT2D eigenvalue weighted by Crippen LogP contribution is -2.48. The molecule has 2 nitrogen and oxygen atoms in total. The first-order chi connectivity index (χ1) is 8.13. The van der Waals surface area contributed by atoms with E-state index in [0.717, 1.165) is 29.5 Å². The van der Waals surface area contributed by atoms with Gasteiger partial charge in [-0.25, -0.2) is 0 Å². The highest BCUT2D eigenvalue weighted by Crippen LogP contribution is 2.34. The molecule has 3 N–H and O–H groups in total. The molecule has 17 heavy (non-hydrogen) atoms. The predicted molar refractivity (Wildman–Crippen MR) is 74.5 cm³/mol. The minimum Gasteiger partial charge on any atom is -0.378 e. The van der Waals surface area contributed by atoms with Crippen molar-refractivity contribution in [2.75, 3.05) is 11.9 Å². The molecule has 0 spiro atoms. The maximum atomic E-state index is 5.97. The Morgan fingerprint density at radius 1 is 1.29 bits per heavy atom. The highest BCUT2D eigenvalue weighted by atomic mass is 35.5. The number of hydrogen-bond acceptors (Lipinski definition) is 2. The molecule has 1 aliphatic carbocycles. The highest BCUT2D eigenvalue weighted by molar-refractivity contribution is 6.30. The number of anilines is 1. The van der Waals surface area contributed by atoms with Crippen molar-refractivity contribution in [1.82, 2.24) is 0 Å². The Kier molecular flexibility index (Phi) is 3.95. The molecule has 1 aliphatic rings. The number of halogens is 1. The maximum Gasteiger partial charge on any atom is 0.0495 e. The number of nitrogens with one attached hydrogen (secondary N) is 1. The van der Waals surface area contributed by atoms with Gasteiger partial charge in [0.15, 0.2) is 0 Å². The van der Waals surface area contributed by atoms with E-state index in [4.69, 9.17) is 17.3 Å². The molecule has 0 radical (unpaired) electrons. The molecule has 0 aliphatic heterocycles. The van der Waals surface area contributed by atoms with E-state index >= 15 is 0 Å². The van der Waals surface area contributed by atoms with Crippen molar-refractivity contribution in [2.24, 2.45) is 11.7 Å². The zero-order valence-electron chi connectivity index (χ0n) is 10.4. The van der Waals surface area contributed by atoms with Crippen LogP contribution < -0.4 is 11.1 Å². The Balaban J connectivity index is 2.06. The Labute approximate surface area is 109 Å². The van der Waals surface area contributed by atoms with E-state index < -0.39 is 0 Å². The lowest BCUT2D eigenvalue weighted by molar-refractivity contribution is 0.272. The average molecular weight is 253 g/mol. The molecule has 1 fully saturated rings. The molecule has 1 aromatic carbocycles. The molecule has 2 rings (SSSR count). The van der Waals surface area contributed by atoms with Gasteiger partial charge in [0.25, 0.3) is 0 Å². The van der Waals surface area contributed by atoms with Crippen molar-refractivity contribution in [3.05, 3.63) is 29.3 Å². The van der Waals surface area contributed by atoms with Crippen LogP contribution in [0.2, 0.25) is 5.02 Å². The lowest BCUT2D eigenvalue weighted by atomic mass is 9.77. The van der Waals surface area contributed by atoms with Crippen molar-refractivity contribution in [3.8, 4) is 0 Å².